The van der Waals surface area contributed by atoms with Crippen LogP contribution in [0, 0.1) is 5.82 Å². The van der Waals surface area contributed by atoms with E-state index < -0.39 is 21.7 Å². The third-order valence-corrected chi connectivity index (χ3v) is 5.57. The zero-order chi connectivity index (χ0) is 17.7. The smallest absolute Gasteiger partial charge is 0.255 e. The number of hydrogen-bond donors (Lipinski definition) is 1. The minimum atomic E-state index is -3.61. The van der Waals surface area contributed by atoms with Crippen molar-refractivity contribution in [3.05, 3.63) is 59.9 Å². The molecule has 0 saturated heterocycles. The number of rotatable bonds is 6. The van der Waals surface area contributed by atoms with Crippen LogP contribution in [0.5, 0.6) is 0 Å². The first-order valence-electron chi connectivity index (χ1n) is 7.55. The number of nitrogens with zero attached hydrogens (tertiary/aromatic N) is 1. The first kappa shape index (κ1) is 18.1. The summed E-state index contributed by atoms with van der Waals surface area (Å²) in [5.74, 6) is -1.02. The quantitative estimate of drug-likeness (QED) is 0.870. The second-order valence-corrected chi connectivity index (χ2v) is 7.02. The Bertz CT molecular complexity index is 833. The lowest BCUT2D eigenvalue weighted by Gasteiger charge is -2.18. The van der Waals surface area contributed by atoms with E-state index >= 15 is 0 Å². The Morgan fingerprint density at radius 1 is 1.08 bits per heavy atom. The van der Waals surface area contributed by atoms with Crippen LogP contribution < -0.4 is 5.32 Å². The molecular formula is C17H19FN2O3S. The van der Waals surface area contributed by atoms with Gasteiger partial charge in [0, 0.05) is 24.3 Å². The summed E-state index contributed by atoms with van der Waals surface area (Å²) < 4.78 is 39.5. The zero-order valence-corrected chi connectivity index (χ0v) is 14.3. The fourth-order valence-corrected chi connectivity index (χ4v) is 3.78. The van der Waals surface area contributed by atoms with Gasteiger partial charge in [-0.25, -0.2) is 12.8 Å². The van der Waals surface area contributed by atoms with E-state index in [0.29, 0.717) is 18.8 Å². The van der Waals surface area contributed by atoms with Crippen molar-refractivity contribution in [2.75, 3.05) is 18.4 Å². The fourth-order valence-electron chi connectivity index (χ4n) is 2.28. The molecule has 24 heavy (non-hydrogen) atoms. The van der Waals surface area contributed by atoms with Crippen LogP contribution in [0.4, 0.5) is 10.1 Å². The number of carbonyl (C=O) groups excluding carboxylic acids is 1. The molecule has 0 radical (unpaired) electrons. The van der Waals surface area contributed by atoms with Crippen LogP contribution in [0.2, 0.25) is 0 Å². The molecule has 0 aliphatic carbocycles. The van der Waals surface area contributed by atoms with Gasteiger partial charge in [-0.15, -0.1) is 0 Å². The lowest BCUT2D eigenvalue weighted by Crippen LogP contribution is -2.30. The van der Waals surface area contributed by atoms with Gasteiger partial charge in [0.15, 0.2) is 0 Å². The van der Waals surface area contributed by atoms with Crippen LogP contribution in [-0.2, 0) is 10.0 Å². The summed E-state index contributed by atoms with van der Waals surface area (Å²) >= 11 is 0. The van der Waals surface area contributed by atoms with E-state index in [1.807, 2.05) is 0 Å². The molecule has 0 heterocycles. The molecule has 0 aliphatic heterocycles. The van der Waals surface area contributed by atoms with Gasteiger partial charge in [0.25, 0.3) is 5.91 Å². The van der Waals surface area contributed by atoms with Crippen LogP contribution in [0.15, 0.2) is 53.4 Å². The molecule has 0 spiro atoms. The Morgan fingerprint density at radius 2 is 1.75 bits per heavy atom. The summed E-state index contributed by atoms with van der Waals surface area (Å²) in [4.78, 5) is 12.2. The van der Waals surface area contributed by atoms with Crippen molar-refractivity contribution in [2.24, 2.45) is 0 Å². The Labute approximate surface area is 141 Å². The van der Waals surface area contributed by atoms with E-state index in [2.05, 4.69) is 5.32 Å². The van der Waals surface area contributed by atoms with Crippen LogP contribution in [0.3, 0.4) is 0 Å². The molecule has 1 N–H and O–H groups in total. The highest BCUT2D eigenvalue weighted by atomic mass is 32.2. The Kier molecular flexibility index (Phi) is 5.69. The van der Waals surface area contributed by atoms with E-state index in [0.717, 1.165) is 6.07 Å². The van der Waals surface area contributed by atoms with Gasteiger partial charge in [0.1, 0.15) is 5.82 Å². The number of anilines is 1. The molecule has 2 aromatic rings. The average molecular weight is 350 g/mol. The fraction of sp³-hybridized carbons (Fsp3) is 0.235. The molecule has 128 valence electrons. The van der Waals surface area contributed by atoms with Crippen molar-refractivity contribution < 1.29 is 17.6 Å². The van der Waals surface area contributed by atoms with Gasteiger partial charge in [-0.05, 0) is 36.4 Å². The van der Waals surface area contributed by atoms with Crippen LogP contribution in [-0.4, -0.2) is 31.7 Å². The van der Waals surface area contributed by atoms with E-state index in [1.165, 1.54) is 34.6 Å². The summed E-state index contributed by atoms with van der Waals surface area (Å²) in [7, 11) is -3.61. The third-order valence-electron chi connectivity index (χ3n) is 3.52. The maximum Gasteiger partial charge on any atom is 0.255 e. The molecule has 0 atom stereocenters. The van der Waals surface area contributed by atoms with Crippen molar-refractivity contribution in [1.82, 2.24) is 4.31 Å². The number of sulfonamides is 1. The van der Waals surface area contributed by atoms with Gasteiger partial charge >= 0.3 is 0 Å². The minimum absolute atomic E-state index is 0.100. The van der Waals surface area contributed by atoms with Gasteiger partial charge in [0.2, 0.25) is 10.0 Å². The Hall–Kier alpha value is -2.25. The Balaban J connectivity index is 2.26. The predicted molar refractivity (Wildman–Crippen MR) is 90.9 cm³/mol. The second-order valence-electron chi connectivity index (χ2n) is 5.08. The number of nitrogens with one attached hydrogen (secondary N) is 1. The third kappa shape index (κ3) is 3.98. The van der Waals surface area contributed by atoms with Gasteiger partial charge < -0.3 is 5.32 Å². The molecular weight excluding hydrogens is 331 g/mol. The highest BCUT2D eigenvalue weighted by Crippen LogP contribution is 2.20. The predicted octanol–water partition coefficient (Wildman–Crippen LogP) is 3.11. The number of amides is 1. The van der Waals surface area contributed by atoms with E-state index in [1.54, 1.807) is 26.0 Å². The van der Waals surface area contributed by atoms with E-state index in [4.69, 9.17) is 0 Å². The largest absolute Gasteiger partial charge is 0.322 e. The highest BCUT2D eigenvalue weighted by molar-refractivity contribution is 7.89. The molecule has 0 bridgehead atoms. The Morgan fingerprint density at radius 3 is 2.38 bits per heavy atom. The molecule has 0 aromatic heterocycles. The van der Waals surface area contributed by atoms with Crippen molar-refractivity contribution in [2.45, 2.75) is 18.7 Å². The molecule has 2 aromatic carbocycles. The zero-order valence-electron chi connectivity index (χ0n) is 13.5. The standard InChI is InChI=1S/C17H19FN2O3S/c1-3-20(4-2)24(22,23)16-10-6-9-15(12-16)19-17(21)13-7-5-8-14(18)11-13/h5-12H,3-4H2,1-2H3,(H,19,21). The molecule has 2 rings (SSSR count). The summed E-state index contributed by atoms with van der Waals surface area (Å²) in [6.07, 6.45) is 0. The van der Waals surface area contributed by atoms with Crippen molar-refractivity contribution >= 4 is 21.6 Å². The first-order valence-corrected chi connectivity index (χ1v) is 8.99. The number of carbonyl (C=O) groups is 1. The van der Waals surface area contributed by atoms with E-state index in [-0.39, 0.29) is 10.5 Å². The monoisotopic (exact) mass is 350 g/mol. The molecule has 5 nitrogen and oxygen atoms in total. The summed E-state index contributed by atoms with van der Waals surface area (Å²) in [5.41, 5.74) is 0.490. The van der Waals surface area contributed by atoms with Gasteiger partial charge in [-0.3, -0.25) is 4.79 Å². The highest BCUT2D eigenvalue weighted by Gasteiger charge is 2.21. The number of halogens is 1. The maximum atomic E-state index is 13.2. The summed E-state index contributed by atoms with van der Waals surface area (Å²) in [6, 6.07) is 11.3. The lowest BCUT2D eigenvalue weighted by molar-refractivity contribution is 0.102. The molecule has 0 unspecified atom stereocenters. The maximum absolute atomic E-state index is 13.2. The number of hydrogen-bond acceptors (Lipinski definition) is 3. The second kappa shape index (κ2) is 7.55. The van der Waals surface area contributed by atoms with Crippen molar-refractivity contribution in [3.8, 4) is 0 Å². The number of benzene rings is 2. The lowest BCUT2D eigenvalue weighted by atomic mass is 10.2. The molecule has 0 aliphatic rings. The van der Waals surface area contributed by atoms with Gasteiger partial charge in [0.05, 0.1) is 4.90 Å². The summed E-state index contributed by atoms with van der Waals surface area (Å²) in [6.45, 7) is 4.24. The van der Waals surface area contributed by atoms with Crippen LogP contribution in [0.25, 0.3) is 0 Å². The van der Waals surface area contributed by atoms with Crippen LogP contribution >= 0.6 is 0 Å². The van der Waals surface area contributed by atoms with Crippen molar-refractivity contribution in [3.63, 3.8) is 0 Å². The van der Waals surface area contributed by atoms with Gasteiger partial charge in [-0.2, -0.15) is 4.31 Å². The van der Waals surface area contributed by atoms with Crippen molar-refractivity contribution in [1.29, 1.82) is 0 Å². The molecule has 0 fully saturated rings. The first-order chi connectivity index (χ1) is 11.4. The normalized spacial score (nSPS) is 11.5. The van der Waals surface area contributed by atoms with Crippen LogP contribution in [0.1, 0.15) is 24.2 Å². The molecule has 0 saturated carbocycles. The SMILES string of the molecule is CCN(CC)S(=O)(=O)c1cccc(NC(=O)c2cccc(F)c2)c1. The topological polar surface area (TPSA) is 66.5 Å². The molecule has 7 heteroatoms. The molecule has 1 amide bonds. The summed E-state index contributed by atoms with van der Waals surface area (Å²) in [5, 5.41) is 2.58. The minimum Gasteiger partial charge on any atom is -0.322 e. The average Bonchev–Trinajstić information content (AvgIpc) is 2.56. The van der Waals surface area contributed by atoms with Gasteiger partial charge in [-0.1, -0.05) is 26.0 Å². The van der Waals surface area contributed by atoms with E-state index in [9.17, 15) is 17.6 Å².